The molecule has 1 aromatic heterocycles. The van der Waals surface area contributed by atoms with E-state index in [2.05, 4.69) is 4.57 Å². The van der Waals surface area contributed by atoms with Crippen LogP contribution in [0, 0.1) is 12.8 Å². The fourth-order valence-corrected chi connectivity index (χ4v) is 5.64. The van der Waals surface area contributed by atoms with Crippen molar-refractivity contribution in [2.75, 3.05) is 0 Å². The third-order valence-electron chi connectivity index (χ3n) is 7.12. The van der Waals surface area contributed by atoms with Crippen molar-refractivity contribution in [1.29, 1.82) is 0 Å². The molecule has 0 aliphatic heterocycles. The minimum absolute atomic E-state index is 0.0564. The van der Waals surface area contributed by atoms with E-state index in [9.17, 15) is 9.59 Å². The Balaban J connectivity index is 1.65. The number of ether oxygens (including phenoxy) is 1. The fraction of sp³-hybridized carbons (Fsp3) is 0.393. The SMILES string of the molecule is Cc1n([C@H]2CC[C@@H](C(C(N)=O)(c3ccccc3)c3ccccc3)C2)cc[n+]1CC(=O)OC(C)C. The van der Waals surface area contributed by atoms with Crippen molar-refractivity contribution in [3.05, 3.63) is 90.0 Å². The number of nitrogens with zero attached hydrogens (tertiary/aromatic N) is 2. The lowest BCUT2D eigenvalue weighted by atomic mass is 9.64. The van der Waals surface area contributed by atoms with Crippen LogP contribution >= 0.6 is 0 Å². The zero-order valence-electron chi connectivity index (χ0n) is 20.2. The summed E-state index contributed by atoms with van der Waals surface area (Å²) in [6.07, 6.45) is 6.46. The first-order valence-electron chi connectivity index (χ1n) is 12.0. The normalized spacial score (nSPS) is 18.2. The lowest BCUT2D eigenvalue weighted by molar-refractivity contribution is -0.691. The molecule has 1 aliphatic rings. The highest BCUT2D eigenvalue weighted by molar-refractivity contribution is 5.91. The Kier molecular flexibility index (Phi) is 6.87. The van der Waals surface area contributed by atoms with Crippen molar-refractivity contribution in [2.45, 2.75) is 64.1 Å². The summed E-state index contributed by atoms with van der Waals surface area (Å²) in [5.74, 6) is 0.494. The summed E-state index contributed by atoms with van der Waals surface area (Å²) in [7, 11) is 0. The van der Waals surface area contributed by atoms with Crippen LogP contribution in [0.2, 0.25) is 0 Å². The van der Waals surface area contributed by atoms with Crippen molar-refractivity contribution in [2.24, 2.45) is 11.7 Å². The molecule has 2 N–H and O–H groups in total. The van der Waals surface area contributed by atoms with E-state index in [1.807, 2.05) is 98.4 Å². The molecular weight excluding hydrogens is 426 g/mol. The average Bonchev–Trinajstić information content (AvgIpc) is 3.42. The summed E-state index contributed by atoms with van der Waals surface area (Å²) >= 11 is 0. The van der Waals surface area contributed by atoms with Gasteiger partial charge in [-0.2, -0.15) is 0 Å². The third-order valence-corrected chi connectivity index (χ3v) is 7.12. The zero-order chi connectivity index (χ0) is 24.3. The van der Waals surface area contributed by atoms with E-state index < -0.39 is 5.41 Å². The van der Waals surface area contributed by atoms with Gasteiger partial charge >= 0.3 is 5.97 Å². The number of hydrogen-bond donors (Lipinski definition) is 1. The van der Waals surface area contributed by atoms with Gasteiger partial charge in [0.2, 0.25) is 5.91 Å². The Bertz CT molecular complexity index is 1100. The standard InChI is InChI=1S/C28H33N3O3/c1-20(2)34-26(32)19-30-16-17-31(21(30)3)25-15-14-24(18-25)28(27(29)33,22-10-6-4-7-11-22)23-12-8-5-9-13-23/h4-13,16-17,20,24-25H,14-15,18-19H2,1-3H3,(H-,29,33)/p+1/t24-,25+/m1/s1. The van der Waals surface area contributed by atoms with Gasteiger partial charge in [-0.15, -0.1) is 0 Å². The minimum Gasteiger partial charge on any atom is -0.460 e. The van der Waals surface area contributed by atoms with Crippen LogP contribution in [0.25, 0.3) is 0 Å². The molecule has 1 aliphatic carbocycles. The molecular formula is C28H34N3O3+. The van der Waals surface area contributed by atoms with E-state index in [4.69, 9.17) is 10.5 Å². The van der Waals surface area contributed by atoms with Crippen molar-refractivity contribution < 1.29 is 18.9 Å². The largest absolute Gasteiger partial charge is 0.460 e. The van der Waals surface area contributed by atoms with Crippen molar-refractivity contribution in [3.8, 4) is 0 Å². The maximum absolute atomic E-state index is 13.3. The van der Waals surface area contributed by atoms with Gasteiger partial charge in [0.1, 0.15) is 23.9 Å². The molecule has 3 aromatic rings. The van der Waals surface area contributed by atoms with E-state index in [0.29, 0.717) is 0 Å². The van der Waals surface area contributed by atoms with Crippen molar-refractivity contribution >= 4 is 11.9 Å². The molecule has 2 aromatic carbocycles. The lowest BCUT2D eigenvalue weighted by Gasteiger charge is -2.37. The molecule has 34 heavy (non-hydrogen) atoms. The molecule has 0 saturated heterocycles. The van der Waals surface area contributed by atoms with Crippen molar-refractivity contribution in [1.82, 2.24) is 4.57 Å². The minimum atomic E-state index is -0.893. The molecule has 1 fully saturated rings. The molecule has 1 amide bonds. The summed E-state index contributed by atoms with van der Waals surface area (Å²) in [6, 6.07) is 20.1. The number of rotatable bonds is 8. The highest BCUT2D eigenvalue weighted by atomic mass is 16.5. The number of nitrogens with two attached hydrogens (primary N) is 1. The molecule has 6 nitrogen and oxygen atoms in total. The van der Waals surface area contributed by atoms with Gasteiger partial charge in [-0.05, 0) is 50.2 Å². The Morgan fingerprint density at radius 3 is 2.18 bits per heavy atom. The van der Waals surface area contributed by atoms with Crippen LogP contribution in [0.5, 0.6) is 0 Å². The zero-order valence-corrected chi connectivity index (χ0v) is 20.2. The van der Waals surface area contributed by atoms with Crippen LogP contribution in [0.1, 0.15) is 56.1 Å². The van der Waals surface area contributed by atoms with Crippen LogP contribution in [-0.4, -0.2) is 22.5 Å². The predicted octanol–water partition coefficient (Wildman–Crippen LogP) is 3.85. The molecule has 0 unspecified atom stereocenters. The summed E-state index contributed by atoms with van der Waals surface area (Å²) in [4.78, 5) is 25.5. The summed E-state index contributed by atoms with van der Waals surface area (Å²) < 4.78 is 9.46. The van der Waals surface area contributed by atoms with E-state index in [-0.39, 0.29) is 36.5 Å². The number of amides is 1. The number of hydrogen-bond acceptors (Lipinski definition) is 3. The topological polar surface area (TPSA) is 78.2 Å². The molecule has 0 bridgehead atoms. The van der Waals surface area contributed by atoms with Gasteiger partial charge in [0.25, 0.3) is 5.82 Å². The molecule has 1 saturated carbocycles. The second-order valence-electron chi connectivity index (χ2n) is 9.49. The number of esters is 1. The first-order valence-corrected chi connectivity index (χ1v) is 12.0. The first-order chi connectivity index (χ1) is 16.3. The molecule has 4 rings (SSSR count). The van der Waals surface area contributed by atoms with E-state index in [1.54, 1.807) is 0 Å². The number of primary amides is 1. The summed E-state index contributed by atoms with van der Waals surface area (Å²) in [5, 5.41) is 0. The van der Waals surface area contributed by atoms with Crippen LogP contribution < -0.4 is 10.3 Å². The third kappa shape index (κ3) is 4.37. The monoisotopic (exact) mass is 460 g/mol. The van der Waals surface area contributed by atoms with Crippen LogP contribution in [0.3, 0.4) is 0 Å². The quantitative estimate of drug-likeness (QED) is 0.410. The number of imidazole rings is 1. The van der Waals surface area contributed by atoms with Gasteiger partial charge < -0.3 is 10.5 Å². The van der Waals surface area contributed by atoms with E-state index in [0.717, 1.165) is 36.2 Å². The second-order valence-corrected chi connectivity index (χ2v) is 9.49. The number of carbonyl (C=O) groups excluding carboxylic acids is 2. The molecule has 0 radical (unpaired) electrons. The number of carbonyl (C=O) groups is 2. The lowest BCUT2D eigenvalue weighted by Crippen LogP contribution is -2.47. The van der Waals surface area contributed by atoms with Gasteiger partial charge in [0.05, 0.1) is 6.10 Å². The Morgan fingerprint density at radius 1 is 1.06 bits per heavy atom. The van der Waals surface area contributed by atoms with E-state index in [1.165, 1.54) is 0 Å². The highest BCUT2D eigenvalue weighted by Gasteiger charge is 2.51. The number of benzene rings is 2. The molecule has 1 heterocycles. The maximum Gasteiger partial charge on any atom is 0.348 e. The van der Waals surface area contributed by atoms with Crippen molar-refractivity contribution in [3.63, 3.8) is 0 Å². The average molecular weight is 461 g/mol. The smallest absolute Gasteiger partial charge is 0.348 e. The highest BCUT2D eigenvalue weighted by Crippen LogP contribution is 2.49. The van der Waals surface area contributed by atoms with Crippen LogP contribution in [0.4, 0.5) is 0 Å². The number of aromatic nitrogens is 2. The van der Waals surface area contributed by atoms with Gasteiger partial charge in [-0.25, -0.2) is 13.9 Å². The Morgan fingerprint density at radius 2 is 1.65 bits per heavy atom. The first kappa shape index (κ1) is 23.7. The molecule has 2 atom stereocenters. The van der Waals surface area contributed by atoms with Crippen LogP contribution in [-0.2, 0) is 26.3 Å². The summed E-state index contributed by atoms with van der Waals surface area (Å²) in [5.41, 5.74) is 7.21. The van der Waals surface area contributed by atoms with Gasteiger partial charge in [-0.3, -0.25) is 4.79 Å². The Labute approximate surface area is 201 Å². The maximum atomic E-state index is 13.3. The molecule has 178 valence electrons. The van der Waals surface area contributed by atoms with Crippen LogP contribution in [0.15, 0.2) is 73.1 Å². The Hall–Kier alpha value is -3.41. The van der Waals surface area contributed by atoms with E-state index >= 15 is 0 Å². The van der Waals surface area contributed by atoms with Gasteiger partial charge in [0, 0.05) is 6.92 Å². The van der Waals surface area contributed by atoms with Gasteiger partial charge in [0.15, 0.2) is 6.54 Å². The molecule has 0 spiro atoms. The summed E-state index contributed by atoms with van der Waals surface area (Å²) in [6.45, 7) is 5.91. The molecule has 6 heteroatoms. The second kappa shape index (κ2) is 9.84. The van der Waals surface area contributed by atoms with Gasteiger partial charge in [-0.1, -0.05) is 60.7 Å². The predicted molar refractivity (Wildman–Crippen MR) is 130 cm³/mol. The fourth-order valence-electron chi connectivity index (χ4n) is 5.64.